The van der Waals surface area contributed by atoms with Crippen molar-refractivity contribution in [2.75, 3.05) is 19.6 Å². The SMILES string of the molecule is Cc1cc(C)c(N(c2ccccc2)c2cc3c4c(c2)N(c2ccccc2-c2ccccc2)c2cc5c(cc2C4c2ccccc2O3)C2c3ccccc3N(c3c(C)cc(C)cc3C)c3cc(N(c4ccccc4)c4c(C)cc(C)cc4C)cc(c32)S5)c(C)c1. The van der Waals surface area contributed by atoms with Crippen LogP contribution in [0.1, 0.15) is 95.3 Å². The third-order valence-electron chi connectivity index (χ3n) is 18.8. The summed E-state index contributed by atoms with van der Waals surface area (Å²) in [5.74, 6) is 1.48. The fourth-order valence-electron chi connectivity index (χ4n) is 15.7. The number of anilines is 12. The number of aryl methyl sites for hydroxylation is 9. The molecule has 0 spiro atoms. The van der Waals surface area contributed by atoms with Gasteiger partial charge in [-0.2, -0.15) is 0 Å². The van der Waals surface area contributed by atoms with Crippen LogP contribution in [-0.2, 0) is 0 Å². The quantitative estimate of drug-likeness (QED) is 0.143. The molecule has 0 radical (unpaired) electrons. The normalized spacial score (nSPS) is 14.6. The van der Waals surface area contributed by atoms with Crippen LogP contribution < -0.4 is 24.3 Å². The standard InChI is InChI=1S/C83H68N4OS/c1-49-37-52(4)81(53(5)38-49)84(59-27-15-11-16-28-59)61-43-71-79-74(45-61)88-73-36-24-21-33-65(73)78(79)66-47-67-75(48-70(66)86(71)68-34-22-19-31-63(68)58-25-13-10-14-26-58)89-76-46-62(85(60-29-17-12-18-30-60)82-54(6)39-50(2)40-55(82)7)44-72-80(76)77(67)64-32-20-23-35-69(64)87(72)83-56(8)41-51(3)42-57(83)9/h10-48,77-78H,1-9H3. The lowest BCUT2D eigenvalue weighted by molar-refractivity contribution is 0.452. The van der Waals surface area contributed by atoms with Gasteiger partial charge in [0, 0.05) is 67.0 Å². The first-order valence-corrected chi connectivity index (χ1v) is 31.9. The van der Waals surface area contributed by atoms with Crippen LogP contribution in [0.15, 0.2) is 246 Å². The lowest BCUT2D eigenvalue weighted by atomic mass is 9.74. The van der Waals surface area contributed by atoms with Gasteiger partial charge in [0.15, 0.2) is 0 Å². The summed E-state index contributed by atoms with van der Waals surface area (Å²) in [4.78, 5) is 12.6. The Labute approximate surface area is 527 Å². The van der Waals surface area contributed by atoms with Crippen LogP contribution in [0.3, 0.4) is 0 Å². The maximum atomic E-state index is 7.38. The molecule has 0 aliphatic carbocycles. The van der Waals surface area contributed by atoms with E-state index in [0.717, 1.165) is 79.3 Å². The number of rotatable bonds is 9. The van der Waals surface area contributed by atoms with Crippen LogP contribution in [0.25, 0.3) is 11.1 Å². The summed E-state index contributed by atoms with van der Waals surface area (Å²) < 4.78 is 7.38. The molecule has 2 unspecified atom stereocenters. The molecule has 16 rings (SSSR count). The van der Waals surface area contributed by atoms with E-state index in [9.17, 15) is 0 Å². The minimum absolute atomic E-state index is 0.0917. The first-order chi connectivity index (χ1) is 43.4. The van der Waals surface area contributed by atoms with Gasteiger partial charge in [-0.15, -0.1) is 0 Å². The van der Waals surface area contributed by atoms with Crippen LogP contribution in [0.4, 0.5) is 68.2 Å². The molecule has 4 aliphatic rings. The van der Waals surface area contributed by atoms with E-state index in [0.29, 0.717) is 0 Å². The third-order valence-corrected chi connectivity index (χ3v) is 19.9. The monoisotopic (exact) mass is 1170 g/mol. The first kappa shape index (κ1) is 54.4. The van der Waals surface area contributed by atoms with Gasteiger partial charge in [-0.25, -0.2) is 0 Å². The van der Waals surface area contributed by atoms with Crippen LogP contribution in [0.2, 0.25) is 0 Å². The van der Waals surface area contributed by atoms with Crippen molar-refractivity contribution in [3.05, 3.63) is 320 Å². The number of hydrogen-bond donors (Lipinski definition) is 0. The molecule has 0 amide bonds. The number of hydrogen-bond acceptors (Lipinski definition) is 6. The summed E-state index contributed by atoms with van der Waals surface area (Å²) >= 11 is 1.92. The van der Waals surface area contributed by atoms with Crippen molar-refractivity contribution >= 4 is 80.0 Å². The van der Waals surface area contributed by atoms with Crippen molar-refractivity contribution in [3.8, 4) is 22.6 Å². The topological polar surface area (TPSA) is 22.2 Å². The summed E-state index contributed by atoms with van der Waals surface area (Å²) in [5.41, 5.74) is 34.6. The molecule has 0 saturated carbocycles. The highest BCUT2D eigenvalue weighted by atomic mass is 32.2. The van der Waals surface area contributed by atoms with Gasteiger partial charge in [0.05, 0.1) is 51.2 Å². The van der Waals surface area contributed by atoms with Crippen LogP contribution in [0, 0.1) is 62.3 Å². The number of nitrogens with zero attached hydrogens (tertiary/aromatic N) is 4. The minimum Gasteiger partial charge on any atom is -0.457 e. The van der Waals surface area contributed by atoms with Gasteiger partial charge in [0.2, 0.25) is 0 Å². The molecule has 5 nitrogen and oxygen atoms in total. The van der Waals surface area contributed by atoms with Gasteiger partial charge < -0.3 is 24.3 Å². The van der Waals surface area contributed by atoms with Gasteiger partial charge in [-0.3, -0.25) is 0 Å². The Bertz CT molecular complexity index is 4810. The molecule has 0 fully saturated rings. The second-order valence-electron chi connectivity index (χ2n) is 25.0. The predicted octanol–water partition coefficient (Wildman–Crippen LogP) is 23.6. The number of benzene rings is 12. The molecule has 0 aromatic heterocycles. The van der Waals surface area contributed by atoms with Gasteiger partial charge in [0.25, 0.3) is 0 Å². The lowest BCUT2D eigenvalue weighted by Crippen LogP contribution is -2.28. The van der Waals surface area contributed by atoms with Crippen LogP contribution in [-0.4, -0.2) is 0 Å². The molecule has 0 saturated heterocycles. The van der Waals surface area contributed by atoms with E-state index < -0.39 is 0 Å². The smallest absolute Gasteiger partial charge is 0.135 e. The Morgan fingerprint density at radius 1 is 0.326 bits per heavy atom. The molecule has 4 heterocycles. The maximum absolute atomic E-state index is 7.38. The molecule has 6 heteroatoms. The maximum Gasteiger partial charge on any atom is 0.135 e. The highest BCUT2D eigenvalue weighted by molar-refractivity contribution is 7.99. The Balaban J connectivity index is 0.998. The third kappa shape index (κ3) is 8.74. The molecule has 12 aromatic rings. The van der Waals surface area contributed by atoms with Crippen molar-refractivity contribution in [3.63, 3.8) is 0 Å². The predicted molar refractivity (Wildman–Crippen MR) is 372 cm³/mol. The van der Waals surface area contributed by atoms with E-state index in [1.165, 1.54) is 105 Å². The highest BCUT2D eigenvalue weighted by Gasteiger charge is 2.45. The molecular formula is C83H68N4OS. The molecule has 4 aliphatic heterocycles. The largest absolute Gasteiger partial charge is 0.457 e. The fraction of sp³-hybridized carbons (Fsp3) is 0.133. The van der Waals surface area contributed by atoms with Crippen LogP contribution >= 0.6 is 11.8 Å². The summed E-state index contributed by atoms with van der Waals surface area (Å²) in [6.45, 7) is 20.2. The molecule has 0 bridgehead atoms. The van der Waals surface area contributed by atoms with Crippen molar-refractivity contribution in [2.24, 2.45) is 0 Å². The second kappa shape index (κ2) is 21.1. The van der Waals surface area contributed by atoms with Crippen molar-refractivity contribution in [1.82, 2.24) is 0 Å². The van der Waals surface area contributed by atoms with Gasteiger partial charge >= 0.3 is 0 Å². The Morgan fingerprint density at radius 2 is 0.809 bits per heavy atom. The number of ether oxygens (including phenoxy) is 1. The van der Waals surface area contributed by atoms with Crippen molar-refractivity contribution in [2.45, 2.75) is 83.9 Å². The summed E-state index contributed by atoms with van der Waals surface area (Å²) in [6, 6.07) is 88.7. The summed E-state index contributed by atoms with van der Waals surface area (Å²) in [5, 5.41) is 0. The molecule has 2 atom stereocenters. The summed E-state index contributed by atoms with van der Waals surface area (Å²) in [6.07, 6.45) is 0. The average Bonchev–Trinajstić information content (AvgIpc) is 0.755. The van der Waals surface area contributed by atoms with Gasteiger partial charge in [-0.1, -0.05) is 192 Å². The Morgan fingerprint density at radius 3 is 1.42 bits per heavy atom. The average molecular weight is 1170 g/mol. The van der Waals surface area contributed by atoms with Crippen LogP contribution in [0.5, 0.6) is 11.5 Å². The van der Waals surface area contributed by atoms with Gasteiger partial charge in [0.1, 0.15) is 11.5 Å². The lowest BCUT2D eigenvalue weighted by Gasteiger charge is -2.45. The highest BCUT2D eigenvalue weighted by Crippen LogP contribution is 2.66. The van der Waals surface area contributed by atoms with E-state index in [1.54, 1.807) is 0 Å². The van der Waals surface area contributed by atoms with E-state index >= 15 is 0 Å². The molecule has 0 N–H and O–H groups in total. The minimum atomic E-state index is -0.158. The molecule has 432 valence electrons. The fourth-order valence-corrected chi connectivity index (χ4v) is 16.9. The zero-order valence-corrected chi connectivity index (χ0v) is 52.6. The number of para-hydroxylation sites is 5. The van der Waals surface area contributed by atoms with Crippen molar-refractivity contribution < 1.29 is 4.74 Å². The van der Waals surface area contributed by atoms with E-state index in [-0.39, 0.29) is 11.8 Å². The first-order valence-electron chi connectivity index (χ1n) is 31.1. The second-order valence-corrected chi connectivity index (χ2v) is 26.1. The van der Waals surface area contributed by atoms with E-state index in [1.807, 2.05) is 11.8 Å². The van der Waals surface area contributed by atoms with E-state index in [2.05, 4.69) is 319 Å². The summed E-state index contributed by atoms with van der Waals surface area (Å²) in [7, 11) is 0. The zero-order valence-electron chi connectivity index (χ0n) is 51.8. The zero-order chi connectivity index (χ0) is 60.5. The molecule has 12 aromatic carbocycles. The van der Waals surface area contributed by atoms with E-state index in [4.69, 9.17) is 4.74 Å². The Hall–Kier alpha value is -10.0. The van der Waals surface area contributed by atoms with Crippen molar-refractivity contribution in [1.29, 1.82) is 0 Å². The number of fused-ring (bicyclic) bond motifs is 8. The molecule has 89 heavy (non-hydrogen) atoms. The Kier molecular flexibility index (Phi) is 12.9. The molecular weight excluding hydrogens is 1100 g/mol. The van der Waals surface area contributed by atoms with Gasteiger partial charge in [-0.05, 0) is 185 Å².